The van der Waals surface area contributed by atoms with Gasteiger partial charge >= 0.3 is 0 Å². The Morgan fingerprint density at radius 2 is 0.850 bits per heavy atom. The quantitative estimate of drug-likeness (QED) is 0.169. The van der Waals surface area contributed by atoms with Gasteiger partial charge in [0.15, 0.2) is 0 Å². The van der Waals surface area contributed by atoms with E-state index in [0.29, 0.717) is 0 Å². The zero-order valence-corrected chi connectivity index (χ0v) is 23.2. The second-order valence-electron chi connectivity index (χ2n) is 9.76. The Labute approximate surface area is 238 Å². The summed E-state index contributed by atoms with van der Waals surface area (Å²) in [7, 11) is -0.787. The molecule has 0 fully saturated rings. The standard InChI is InChI=1S/C38H31OP/c1-5-17-30(18-6-1)35(31-19-7-2-8-20-31)29-32-21-13-14-26-36(32)39-37-27-15-16-28-38(37)40(33-22-9-3-10-23-33)34-24-11-4-12-25-34/h1-28,35H,29H2. The van der Waals surface area contributed by atoms with Crippen LogP contribution < -0.4 is 20.7 Å². The van der Waals surface area contributed by atoms with Gasteiger partial charge in [0.1, 0.15) is 11.5 Å². The van der Waals surface area contributed by atoms with Crippen LogP contribution >= 0.6 is 7.92 Å². The molecule has 0 saturated heterocycles. The maximum atomic E-state index is 6.85. The number of para-hydroxylation sites is 2. The van der Waals surface area contributed by atoms with Crippen molar-refractivity contribution in [2.24, 2.45) is 0 Å². The molecule has 0 bridgehead atoms. The van der Waals surface area contributed by atoms with Gasteiger partial charge in [-0.25, -0.2) is 0 Å². The molecule has 0 aliphatic carbocycles. The van der Waals surface area contributed by atoms with E-state index in [0.717, 1.165) is 17.9 Å². The second-order valence-corrected chi connectivity index (χ2v) is 11.9. The van der Waals surface area contributed by atoms with Gasteiger partial charge in [0.25, 0.3) is 0 Å². The lowest BCUT2D eigenvalue weighted by Gasteiger charge is -2.23. The van der Waals surface area contributed by atoms with Crippen LogP contribution in [0.4, 0.5) is 0 Å². The average Bonchev–Trinajstić information content (AvgIpc) is 3.03. The maximum Gasteiger partial charge on any atom is 0.135 e. The zero-order chi connectivity index (χ0) is 27.0. The van der Waals surface area contributed by atoms with E-state index in [4.69, 9.17) is 4.74 Å². The van der Waals surface area contributed by atoms with Crippen molar-refractivity contribution in [3.63, 3.8) is 0 Å². The normalized spacial score (nSPS) is 11.1. The van der Waals surface area contributed by atoms with Crippen molar-refractivity contribution in [3.05, 3.63) is 187 Å². The topological polar surface area (TPSA) is 9.23 Å². The molecular weight excluding hydrogens is 503 g/mol. The van der Waals surface area contributed by atoms with Gasteiger partial charge in [0, 0.05) is 11.2 Å². The summed E-state index contributed by atoms with van der Waals surface area (Å²) in [5, 5.41) is 3.83. The smallest absolute Gasteiger partial charge is 0.135 e. The fourth-order valence-corrected chi connectivity index (χ4v) is 7.59. The SMILES string of the molecule is c1ccc(C(Cc2ccccc2Oc2ccccc2P(c2ccccc2)c2ccccc2)c2ccccc2)cc1. The van der Waals surface area contributed by atoms with Crippen LogP contribution in [0.5, 0.6) is 11.5 Å². The minimum atomic E-state index is -0.787. The van der Waals surface area contributed by atoms with Crippen LogP contribution in [0.2, 0.25) is 0 Å². The minimum absolute atomic E-state index is 0.230. The number of hydrogen-bond donors (Lipinski definition) is 0. The number of ether oxygens (including phenoxy) is 1. The van der Waals surface area contributed by atoms with Gasteiger partial charge in [0.05, 0.1) is 0 Å². The molecule has 0 heterocycles. The van der Waals surface area contributed by atoms with E-state index in [9.17, 15) is 0 Å². The van der Waals surface area contributed by atoms with Gasteiger partial charge in [-0.2, -0.15) is 0 Å². The van der Waals surface area contributed by atoms with Gasteiger partial charge in [-0.1, -0.05) is 158 Å². The Kier molecular flexibility index (Phi) is 8.13. The Hall–Kier alpha value is -4.45. The van der Waals surface area contributed by atoms with Crippen LogP contribution in [0.3, 0.4) is 0 Å². The highest BCUT2D eigenvalue weighted by molar-refractivity contribution is 7.80. The first-order chi connectivity index (χ1) is 19.9. The lowest BCUT2D eigenvalue weighted by atomic mass is 9.86. The predicted molar refractivity (Wildman–Crippen MR) is 170 cm³/mol. The molecule has 1 nitrogen and oxygen atoms in total. The van der Waals surface area contributed by atoms with Crippen molar-refractivity contribution in [2.45, 2.75) is 12.3 Å². The lowest BCUT2D eigenvalue weighted by Crippen LogP contribution is -2.21. The molecule has 2 heteroatoms. The second kappa shape index (κ2) is 12.6. The Morgan fingerprint density at radius 1 is 0.425 bits per heavy atom. The Balaban J connectivity index is 1.39. The fraction of sp³-hybridized carbons (Fsp3) is 0.0526. The first-order valence-electron chi connectivity index (χ1n) is 13.7. The van der Waals surface area contributed by atoms with E-state index in [2.05, 4.69) is 170 Å². The first-order valence-corrected chi connectivity index (χ1v) is 15.1. The van der Waals surface area contributed by atoms with Gasteiger partial charge in [-0.15, -0.1) is 0 Å². The van der Waals surface area contributed by atoms with Crippen molar-refractivity contribution in [2.75, 3.05) is 0 Å². The van der Waals surface area contributed by atoms with E-state index in [1.807, 2.05) is 0 Å². The molecule has 0 atom stereocenters. The molecule has 6 aromatic rings. The molecule has 0 unspecified atom stereocenters. The zero-order valence-electron chi connectivity index (χ0n) is 22.3. The van der Waals surface area contributed by atoms with Crippen LogP contribution in [-0.4, -0.2) is 0 Å². The molecular formula is C38H31OP. The van der Waals surface area contributed by atoms with Crippen LogP contribution in [0.1, 0.15) is 22.6 Å². The van der Waals surface area contributed by atoms with E-state index < -0.39 is 7.92 Å². The highest BCUT2D eigenvalue weighted by Gasteiger charge is 2.22. The van der Waals surface area contributed by atoms with Crippen LogP contribution in [-0.2, 0) is 6.42 Å². The minimum Gasteiger partial charge on any atom is -0.456 e. The summed E-state index contributed by atoms with van der Waals surface area (Å²) >= 11 is 0. The van der Waals surface area contributed by atoms with E-state index in [-0.39, 0.29) is 5.92 Å². The molecule has 6 rings (SSSR count). The summed E-state index contributed by atoms with van der Waals surface area (Å²) in [6.07, 6.45) is 0.846. The molecule has 0 N–H and O–H groups in total. The van der Waals surface area contributed by atoms with Crippen molar-refractivity contribution in [1.29, 1.82) is 0 Å². The van der Waals surface area contributed by atoms with Gasteiger partial charge in [-0.05, 0) is 53.8 Å². The largest absolute Gasteiger partial charge is 0.456 e. The predicted octanol–water partition coefficient (Wildman–Crippen LogP) is 8.61. The van der Waals surface area contributed by atoms with Crippen molar-refractivity contribution in [3.8, 4) is 11.5 Å². The number of hydrogen-bond acceptors (Lipinski definition) is 1. The molecule has 194 valence electrons. The van der Waals surface area contributed by atoms with E-state index in [1.54, 1.807) is 0 Å². The first kappa shape index (κ1) is 25.8. The molecule has 0 radical (unpaired) electrons. The molecule has 0 spiro atoms. The van der Waals surface area contributed by atoms with Gasteiger partial charge < -0.3 is 4.74 Å². The third kappa shape index (κ3) is 5.91. The van der Waals surface area contributed by atoms with Crippen LogP contribution in [0, 0.1) is 0 Å². The molecule has 0 amide bonds. The summed E-state index contributed by atoms with van der Waals surface area (Å²) in [6, 6.07) is 60.2. The summed E-state index contributed by atoms with van der Waals surface area (Å²) in [5.41, 5.74) is 3.81. The number of rotatable bonds is 9. The summed E-state index contributed by atoms with van der Waals surface area (Å²) in [5.74, 6) is 2.04. The molecule has 6 aromatic carbocycles. The van der Waals surface area contributed by atoms with Gasteiger partial charge in [-0.3, -0.25) is 0 Å². The molecule has 0 aromatic heterocycles. The van der Waals surface area contributed by atoms with Crippen molar-refractivity contribution >= 4 is 23.8 Å². The Bertz CT molecular complexity index is 1550. The molecule has 0 saturated carbocycles. The third-order valence-corrected chi connectivity index (χ3v) is 9.64. The molecule has 40 heavy (non-hydrogen) atoms. The summed E-state index contributed by atoms with van der Waals surface area (Å²) in [6.45, 7) is 0. The summed E-state index contributed by atoms with van der Waals surface area (Å²) < 4.78 is 6.85. The lowest BCUT2D eigenvalue weighted by molar-refractivity contribution is 0.478. The average molecular weight is 535 g/mol. The number of benzene rings is 6. The summed E-state index contributed by atoms with van der Waals surface area (Å²) in [4.78, 5) is 0. The monoisotopic (exact) mass is 534 g/mol. The Morgan fingerprint density at radius 3 is 1.40 bits per heavy atom. The van der Waals surface area contributed by atoms with Crippen LogP contribution in [0.15, 0.2) is 170 Å². The fourth-order valence-electron chi connectivity index (χ4n) is 5.22. The van der Waals surface area contributed by atoms with Crippen LogP contribution in [0.25, 0.3) is 0 Å². The van der Waals surface area contributed by atoms with Crippen molar-refractivity contribution in [1.82, 2.24) is 0 Å². The molecule has 0 aliphatic heterocycles. The highest BCUT2D eigenvalue weighted by atomic mass is 31.1. The van der Waals surface area contributed by atoms with Gasteiger partial charge in [0.2, 0.25) is 0 Å². The van der Waals surface area contributed by atoms with Crippen molar-refractivity contribution < 1.29 is 4.74 Å². The van der Waals surface area contributed by atoms with E-state index >= 15 is 0 Å². The third-order valence-electron chi connectivity index (χ3n) is 7.16. The highest BCUT2D eigenvalue weighted by Crippen LogP contribution is 2.39. The van der Waals surface area contributed by atoms with E-state index in [1.165, 1.54) is 32.6 Å². The molecule has 0 aliphatic rings. The maximum absolute atomic E-state index is 6.85.